The van der Waals surface area contributed by atoms with E-state index in [1.165, 1.54) is 31.2 Å². The van der Waals surface area contributed by atoms with Gasteiger partial charge in [-0.1, -0.05) is 12.1 Å². The molecule has 3 aromatic rings. The van der Waals surface area contributed by atoms with E-state index in [9.17, 15) is 18.0 Å². The lowest BCUT2D eigenvalue weighted by Crippen LogP contribution is -2.14. The summed E-state index contributed by atoms with van der Waals surface area (Å²) in [6.07, 6.45) is -0.275. The number of primary amides is 1. The maximum atomic E-state index is 14.1. The van der Waals surface area contributed by atoms with E-state index >= 15 is 0 Å². The van der Waals surface area contributed by atoms with Crippen molar-refractivity contribution in [3.63, 3.8) is 0 Å². The number of carbonyl (C=O) groups excluding carboxylic acids is 1. The van der Waals surface area contributed by atoms with Gasteiger partial charge in [0.05, 0.1) is 6.42 Å². The Kier molecular flexibility index (Phi) is 4.26. The SMILES string of the molecule is Cc1cc(-c2nc(CC(N)=O)nn2-c2ccccc2F)nn1C(F)F. The molecule has 130 valence electrons. The van der Waals surface area contributed by atoms with E-state index in [0.29, 0.717) is 4.68 Å². The maximum absolute atomic E-state index is 14.1. The Hall–Kier alpha value is -3.17. The van der Waals surface area contributed by atoms with Crippen LogP contribution in [0.4, 0.5) is 13.2 Å². The number of aryl methyl sites for hydroxylation is 1. The molecule has 0 atom stereocenters. The zero-order valence-corrected chi connectivity index (χ0v) is 13.0. The van der Waals surface area contributed by atoms with Gasteiger partial charge in [-0.3, -0.25) is 4.79 Å². The predicted octanol–water partition coefficient (Wildman–Crippen LogP) is 2.00. The fourth-order valence-corrected chi connectivity index (χ4v) is 2.34. The smallest absolute Gasteiger partial charge is 0.333 e. The number of nitrogens with zero attached hydrogens (tertiary/aromatic N) is 5. The number of rotatable bonds is 5. The van der Waals surface area contributed by atoms with E-state index < -0.39 is 18.3 Å². The number of carbonyl (C=O) groups is 1. The lowest BCUT2D eigenvalue weighted by molar-refractivity contribution is -0.117. The molecule has 0 saturated carbocycles. The molecule has 25 heavy (non-hydrogen) atoms. The maximum Gasteiger partial charge on any atom is 0.333 e. The lowest BCUT2D eigenvalue weighted by atomic mass is 10.3. The number of hydrogen-bond acceptors (Lipinski definition) is 4. The van der Waals surface area contributed by atoms with Gasteiger partial charge in [0, 0.05) is 5.69 Å². The Bertz CT molecular complexity index is 933. The van der Waals surface area contributed by atoms with Gasteiger partial charge in [-0.25, -0.2) is 18.7 Å². The van der Waals surface area contributed by atoms with Crippen molar-refractivity contribution in [3.05, 3.63) is 47.7 Å². The monoisotopic (exact) mass is 350 g/mol. The van der Waals surface area contributed by atoms with Crippen LogP contribution in [0.15, 0.2) is 30.3 Å². The van der Waals surface area contributed by atoms with Crippen molar-refractivity contribution in [2.45, 2.75) is 19.9 Å². The molecule has 2 aromatic heterocycles. The average Bonchev–Trinajstić information content (AvgIpc) is 3.10. The number of halogens is 3. The Morgan fingerprint density at radius 3 is 2.60 bits per heavy atom. The largest absolute Gasteiger partial charge is 0.369 e. The summed E-state index contributed by atoms with van der Waals surface area (Å²) in [5.41, 5.74) is 5.46. The first-order valence-electron chi connectivity index (χ1n) is 7.20. The minimum absolute atomic E-state index is 0.0313. The second-order valence-electron chi connectivity index (χ2n) is 5.25. The quantitative estimate of drug-likeness (QED) is 0.762. The highest BCUT2D eigenvalue weighted by molar-refractivity contribution is 5.75. The molecule has 0 aliphatic rings. The summed E-state index contributed by atoms with van der Waals surface area (Å²) < 4.78 is 41.7. The van der Waals surface area contributed by atoms with Gasteiger partial charge in [-0.2, -0.15) is 19.0 Å². The fraction of sp³-hybridized carbons (Fsp3) is 0.200. The van der Waals surface area contributed by atoms with Crippen molar-refractivity contribution >= 4 is 5.91 Å². The number of para-hydroxylation sites is 1. The molecule has 7 nitrogen and oxygen atoms in total. The Morgan fingerprint density at radius 1 is 1.28 bits per heavy atom. The van der Waals surface area contributed by atoms with Crippen molar-refractivity contribution in [2.24, 2.45) is 5.73 Å². The molecule has 0 aliphatic heterocycles. The third kappa shape index (κ3) is 3.23. The first-order valence-corrected chi connectivity index (χ1v) is 7.20. The van der Waals surface area contributed by atoms with Crippen LogP contribution in [0.5, 0.6) is 0 Å². The zero-order valence-electron chi connectivity index (χ0n) is 13.0. The molecule has 0 fully saturated rings. The summed E-state index contributed by atoms with van der Waals surface area (Å²) in [4.78, 5) is 15.2. The molecule has 0 radical (unpaired) electrons. The molecule has 1 amide bonds. The number of amides is 1. The Morgan fingerprint density at radius 2 is 2.00 bits per heavy atom. The van der Waals surface area contributed by atoms with Crippen LogP contribution in [-0.2, 0) is 11.2 Å². The second-order valence-corrected chi connectivity index (χ2v) is 5.25. The highest BCUT2D eigenvalue weighted by Crippen LogP contribution is 2.24. The van der Waals surface area contributed by atoms with Crippen LogP contribution >= 0.6 is 0 Å². The molecule has 0 saturated heterocycles. The molecular formula is C15H13F3N6O. The van der Waals surface area contributed by atoms with Crippen molar-refractivity contribution in [1.29, 1.82) is 0 Å². The van der Waals surface area contributed by atoms with Crippen LogP contribution in [0.25, 0.3) is 17.2 Å². The zero-order chi connectivity index (χ0) is 18.1. The molecule has 2 heterocycles. The molecule has 0 aliphatic carbocycles. The van der Waals surface area contributed by atoms with Crippen LogP contribution < -0.4 is 5.73 Å². The van der Waals surface area contributed by atoms with Gasteiger partial charge >= 0.3 is 6.55 Å². The van der Waals surface area contributed by atoms with Gasteiger partial charge in [0.2, 0.25) is 5.91 Å². The minimum atomic E-state index is -2.83. The number of benzene rings is 1. The summed E-state index contributed by atoms with van der Waals surface area (Å²) in [7, 11) is 0. The highest BCUT2D eigenvalue weighted by Gasteiger charge is 2.21. The molecule has 0 spiro atoms. The first-order chi connectivity index (χ1) is 11.9. The van der Waals surface area contributed by atoms with Crippen LogP contribution in [0.3, 0.4) is 0 Å². The third-order valence-electron chi connectivity index (χ3n) is 3.40. The van der Waals surface area contributed by atoms with Crippen molar-refractivity contribution in [1.82, 2.24) is 24.5 Å². The highest BCUT2D eigenvalue weighted by atomic mass is 19.3. The van der Waals surface area contributed by atoms with Crippen LogP contribution in [-0.4, -0.2) is 30.5 Å². The van der Waals surface area contributed by atoms with Gasteiger partial charge in [0.25, 0.3) is 0 Å². The van der Waals surface area contributed by atoms with Gasteiger partial charge in [0.1, 0.15) is 17.2 Å². The van der Waals surface area contributed by atoms with Crippen molar-refractivity contribution in [2.75, 3.05) is 0 Å². The summed E-state index contributed by atoms with van der Waals surface area (Å²) in [5, 5.41) is 7.86. The molecular weight excluding hydrogens is 337 g/mol. The Balaban J connectivity index is 2.18. The van der Waals surface area contributed by atoms with Crippen molar-refractivity contribution in [3.8, 4) is 17.2 Å². The molecule has 1 aromatic carbocycles. The lowest BCUT2D eigenvalue weighted by Gasteiger charge is -2.05. The molecule has 0 unspecified atom stereocenters. The van der Waals surface area contributed by atoms with Gasteiger partial charge < -0.3 is 5.73 Å². The second kappa shape index (κ2) is 6.38. The van der Waals surface area contributed by atoms with E-state index in [-0.39, 0.29) is 35.1 Å². The van der Waals surface area contributed by atoms with E-state index in [1.807, 2.05) is 0 Å². The third-order valence-corrected chi connectivity index (χ3v) is 3.40. The standard InChI is InChI=1S/C15H13F3N6O/c1-8-6-10(21-23(8)15(17)18)14-20-13(7-12(19)25)22-24(14)11-5-3-2-4-9(11)16/h2-6,15H,7H2,1H3,(H2,19,25). The number of aromatic nitrogens is 5. The fourth-order valence-electron chi connectivity index (χ4n) is 2.34. The predicted molar refractivity (Wildman–Crippen MR) is 81.4 cm³/mol. The summed E-state index contributed by atoms with van der Waals surface area (Å²) in [6, 6.07) is 7.12. The normalized spacial score (nSPS) is 11.2. The van der Waals surface area contributed by atoms with Gasteiger partial charge in [0.15, 0.2) is 11.6 Å². The summed E-state index contributed by atoms with van der Waals surface area (Å²) >= 11 is 0. The molecule has 0 bridgehead atoms. The van der Waals surface area contributed by atoms with E-state index in [2.05, 4.69) is 15.2 Å². The van der Waals surface area contributed by atoms with Gasteiger partial charge in [-0.05, 0) is 25.1 Å². The molecule has 10 heteroatoms. The first kappa shape index (κ1) is 16.7. The number of hydrogen-bond donors (Lipinski definition) is 1. The minimum Gasteiger partial charge on any atom is -0.369 e. The topological polar surface area (TPSA) is 91.6 Å². The van der Waals surface area contributed by atoms with E-state index in [4.69, 9.17) is 5.73 Å². The van der Waals surface area contributed by atoms with Crippen molar-refractivity contribution < 1.29 is 18.0 Å². The summed E-state index contributed by atoms with van der Waals surface area (Å²) in [6.45, 7) is -1.37. The molecule has 2 N–H and O–H groups in total. The van der Waals surface area contributed by atoms with Crippen LogP contribution in [0.2, 0.25) is 0 Å². The number of nitrogens with two attached hydrogens (primary N) is 1. The van der Waals surface area contributed by atoms with Crippen LogP contribution in [0.1, 0.15) is 18.1 Å². The average molecular weight is 350 g/mol. The summed E-state index contributed by atoms with van der Waals surface area (Å²) in [5.74, 6) is -1.20. The van der Waals surface area contributed by atoms with Gasteiger partial charge in [-0.15, -0.1) is 0 Å². The number of alkyl halides is 2. The molecule has 3 rings (SSSR count). The van der Waals surface area contributed by atoms with E-state index in [0.717, 1.165) is 4.68 Å². The van der Waals surface area contributed by atoms with Crippen LogP contribution in [0, 0.1) is 12.7 Å². The Labute approximate surface area is 139 Å². The van der Waals surface area contributed by atoms with E-state index in [1.54, 1.807) is 6.07 Å².